The minimum Gasteiger partial charge on any atom is -0.497 e. The molecule has 2 rings (SSSR count). The molecule has 7 heteroatoms. The Morgan fingerprint density at radius 3 is 2.48 bits per heavy atom. The fraction of sp³-hybridized carbons (Fsp3) is 0.417. The molecule has 0 aliphatic heterocycles. The number of benzene rings is 2. The molecule has 0 bridgehead atoms. The number of aryl methyl sites for hydroxylation is 1. The third kappa shape index (κ3) is 6.99. The highest BCUT2D eigenvalue weighted by Gasteiger charge is 2.28. The lowest BCUT2D eigenvalue weighted by Crippen LogP contribution is -2.50. The third-order valence-corrected chi connectivity index (χ3v) is 5.60. The van der Waals surface area contributed by atoms with Crippen molar-refractivity contribution >= 4 is 27.7 Å². The molecule has 0 aromatic heterocycles. The zero-order valence-electron chi connectivity index (χ0n) is 18.6. The Morgan fingerprint density at radius 1 is 1.10 bits per heavy atom. The van der Waals surface area contributed by atoms with Crippen molar-refractivity contribution in [1.82, 2.24) is 10.2 Å². The number of hydrogen-bond donors (Lipinski definition) is 1. The second-order valence-corrected chi connectivity index (χ2v) is 7.95. The van der Waals surface area contributed by atoms with Crippen LogP contribution in [0.5, 0.6) is 11.5 Å². The molecule has 2 aromatic rings. The Balaban J connectivity index is 2.23. The van der Waals surface area contributed by atoms with E-state index in [1.54, 1.807) is 12.0 Å². The lowest BCUT2D eigenvalue weighted by Gasteiger charge is -2.30. The van der Waals surface area contributed by atoms with Crippen LogP contribution in [0.2, 0.25) is 0 Å². The molecule has 6 nitrogen and oxygen atoms in total. The Hall–Kier alpha value is -2.54. The molecule has 2 aromatic carbocycles. The maximum Gasteiger partial charge on any atom is 0.261 e. The molecule has 0 aliphatic carbocycles. The molecule has 0 aliphatic rings. The van der Waals surface area contributed by atoms with Crippen molar-refractivity contribution in [2.45, 2.75) is 46.2 Å². The van der Waals surface area contributed by atoms with Crippen molar-refractivity contribution in [3.8, 4) is 11.5 Å². The van der Waals surface area contributed by atoms with Gasteiger partial charge in [0.25, 0.3) is 5.91 Å². The molecule has 0 spiro atoms. The Kier molecular flexibility index (Phi) is 9.85. The van der Waals surface area contributed by atoms with E-state index >= 15 is 0 Å². The van der Waals surface area contributed by atoms with Gasteiger partial charge in [-0.1, -0.05) is 32.0 Å². The van der Waals surface area contributed by atoms with Gasteiger partial charge in [0.2, 0.25) is 5.91 Å². The van der Waals surface area contributed by atoms with Crippen molar-refractivity contribution in [1.29, 1.82) is 0 Å². The van der Waals surface area contributed by atoms with E-state index in [-0.39, 0.29) is 25.0 Å². The molecular formula is C24H31BrN2O4. The Labute approximate surface area is 193 Å². The second kappa shape index (κ2) is 12.3. The van der Waals surface area contributed by atoms with E-state index in [1.807, 2.05) is 56.3 Å². The standard InChI is InChI=1S/C24H31BrN2O4/c1-5-17-11-12-22(20(25)14-17)31-16-23(28)27(21(6-2)24(29)26-7-3)15-18-9-8-10-19(13-18)30-4/h8-14,21H,5-7,15-16H2,1-4H3,(H,26,29)/t21-/m1/s1. The molecule has 1 atom stereocenters. The van der Waals surface area contributed by atoms with Gasteiger partial charge >= 0.3 is 0 Å². The van der Waals surface area contributed by atoms with Crippen LogP contribution in [0.3, 0.4) is 0 Å². The van der Waals surface area contributed by atoms with Crippen LogP contribution in [0, 0.1) is 0 Å². The van der Waals surface area contributed by atoms with Crippen molar-refractivity contribution in [2.75, 3.05) is 20.3 Å². The van der Waals surface area contributed by atoms with Crippen molar-refractivity contribution in [2.24, 2.45) is 0 Å². The van der Waals surface area contributed by atoms with Crippen LogP contribution in [0.15, 0.2) is 46.9 Å². The van der Waals surface area contributed by atoms with Gasteiger partial charge in [-0.3, -0.25) is 9.59 Å². The predicted molar refractivity (Wildman–Crippen MR) is 125 cm³/mol. The molecule has 0 fully saturated rings. The van der Waals surface area contributed by atoms with Crippen LogP contribution in [-0.2, 0) is 22.6 Å². The predicted octanol–water partition coefficient (Wildman–Crippen LogP) is 4.34. The van der Waals surface area contributed by atoms with Crippen LogP contribution in [0.25, 0.3) is 0 Å². The minimum atomic E-state index is -0.590. The van der Waals surface area contributed by atoms with Crippen LogP contribution < -0.4 is 14.8 Å². The number of halogens is 1. The summed E-state index contributed by atoms with van der Waals surface area (Å²) in [6.07, 6.45) is 1.41. The summed E-state index contributed by atoms with van der Waals surface area (Å²) in [5.41, 5.74) is 2.05. The largest absolute Gasteiger partial charge is 0.497 e. The SMILES string of the molecule is CCNC(=O)[C@@H](CC)N(Cc1cccc(OC)c1)C(=O)COc1ccc(CC)cc1Br. The number of rotatable bonds is 11. The quantitative estimate of drug-likeness (QED) is 0.508. The van der Waals surface area contributed by atoms with E-state index in [1.165, 1.54) is 5.56 Å². The van der Waals surface area contributed by atoms with Gasteiger partial charge in [0.1, 0.15) is 17.5 Å². The minimum absolute atomic E-state index is 0.163. The number of carbonyl (C=O) groups excluding carboxylic acids is 2. The summed E-state index contributed by atoms with van der Waals surface area (Å²) in [6, 6.07) is 12.7. The number of nitrogens with zero attached hydrogens (tertiary/aromatic N) is 1. The number of amides is 2. The number of nitrogens with one attached hydrogen (secondary N) is 1. The third-order valence-electron chi connectivity index (χ3n) is 4.98. The Morgan fingerprint density at radius 2 is 1.87 bits per heavy atom. The first-order chi connectivity index (χ1) is 14.9. The lowest BCUT2D eigenvalue weighted by atomic mass is 10.1. The number of ether oxygens (including phenoxy) is 2. The molecule has 0 saturated heterocycles. The highest BCUT2D eigenvalue weighted by Crippen LogP contribution is 2.26. The van der Waals surface area contributed by atoms with E-state index < -0.39 is 6.04 Å². The first-order valence-electron chi connectivity index (χ1n) is 10.5. The van der Waals surface area contributed by atoms with E-state index in [0.29, 0.717) is 24.5 Å². The lowest BCUT2D eigenvalue weighted by molar-refractivity contribution is -0.142. The summed E-state index contributed by atoms with van der Waals surface area (Å²) >= 11 is 3.50. The zero-order chi connectivity index (χ0) is 22.8. The molecule has 0 radical (unpaired) electrons. The zero-order valence-corrected chi connectivity index (χ0v) is 20.2. The monoisotopic (exact) mass is 490 g/mol. The van der Waals surface area contributed by atoms with E-state index in [9.17, 15) is 9.59 Å². The smallest absolute Gasteiger partial charge is 0.261 e. The van der Waals surface area contributed by atoms with Gasteiger partial charge in [0, 0.05) is 13.1 Å². The van der Waals surface area contributed by atoms with E-state index in [4.69, 9.17) is 9.47 Å². The number of methoxy groups -OCH3 is 1. The van der Waals surface area contributed by atoms with Gasteiger partial charge in [0.15, 0.2) is 6.61 Å². The molecule has 168 valence electrons. The first-order valence-corrected chi connectivity index (χ1v) is 11.3. The number of hydrogen-bond acceptors (Lipinski definition) is 4. The second-order valence-electron chi connectivity index (χ2n) is 7.10. The number of carbonyl (C=O) groups is 2. The van der Waals surface area contributed by atoms with Crippen LogP contribution in [0.1, 0.15) is 38.3 Å². The summed E-state index contributed by atoms with van der Waals surface area (Å²) in [6.45, 7) is 6.46. The fourth-order valence-corrected chi connectivity index (χ4v) is 3.82. The van der Waals surface area contributed by atoms with Gasteiger partial charge in [0.05, 0.1) is 11.6 Å². The van der Waals surface area contributed by atoms with E-state index in [2.05, 4.69) is 28.2 Å². The molecule has 31 heavy (non-hydrogen) atoms. The number of likely N-dealkylation sites (N-methyl/N-ethyl adjacent to an activating group) is 1. The van der Waals surface area contributed by atoms with Gasteiger partial charge in [-0.05, 0) is 71.1 Å². The van der Waals surface area contributed by atoms with Gasteiger partial charge < -0.3 is 19.7 Å². The molecule has 0 saturated carbocycles. The fourth-order valence-electron chi connectivity index (χ4n) is 3.28. The molecule has 0 heterocycles. The highest BCUT2D eigenvalue weighted by molar-refractivity contribution is 9.10. The first kappa shape index (κ1) is 24.7. The molecule has 0 unspecified atom stereocenters. The van der Waals surface area contributed by atoms with Crippen LogP contribution in [-0.4, -0.2) is 43.0 Å². The van der Waals surface area contributed by atoms with E-state index in [0.717, 1.165) is 16.5 Å². The maximum absolute atomic E-state index is 13.2. The summed E-state index contributed by atoms with van der Waals surface area (Å²) < 4.78 is 11.9. The Bertz CT molecular complexity index is 888. The highest BCUT2D eigenvalue weighted by atomic mass is 79.9. The van der Waals surface area contributed by atoms with Crippen LogP contribution >= 0.6 is 15.9 Å². The average molecular weight is 491 g/mol. The maximum atomic E-state index is 13.2. The van der Waals surface area contributed by atoms with Crippen molar-refractivity contribution < 1.29 is 19.1 Å². The summed E-state index contributed by atoms with van der Waals surface area (Å²) in [5.74, 6) is 0.868. The van der Waals surface area contributed by atoms with Gasteiger partial charge in [-0.15, -0.1) is 0 Å². The van der Waals surface area contributed by atoms with Crippen LogP contribution in [0.4, 0.5) is 0 Å². The summed E-state index contributed by atoms with van der Waals surface area (Å²) in [4.78, 5) is 27.4. The molecule has 2 amide bonds. The van der Waals surface area contributed by atoms with Gasteiger partial charge in [-0.25, -0.2) is 0 Å². The van der Waals surface area contributed by atoms with Crippen molar-refractivity contribution in [3.05, 3.63) is 58.1 Å². The average Bonchev–Trinajstić information content (AvgIpc) is 2.78. The summed E-state index contributed by atoms with van der Waals surface area (Å²) in [7, 11) is 1.60. The normalized spacial score (nSPS) is 11.5. The summed E-state index contributed by atoms with van der Waals surface area (Å²) in [5, 5.41) is 2.83. The topological polar surface area (TPSA) is 67.9 Å². The van der Waals surface area contributed by atoms with Gasteiger partial charge in [-0.2, -0.15) is 0 Å². The van der Waals surface area contributed by atoms with Crippen molar-refractivity contribution in [3.63, 3.8) is 0 Å². The molecule has 1 N–H and O–H groups in total. The molecular weight excluding hydrogens is 460 g/mol.